The monoisotopic (exact) mass is 258 g/mol. The van der Waals surface area contributed by atoms with Gasteiger partial charge in [-0.25, -0.2) is 4.39 Å². The van der Waals surface area contributed by atoms with Gasteiger partial charge in [0.25, 0.3) is 0 Å². The smallest absolute Gasteiger partial charge is 0.221 e. The predicted molar refractivity (Wildman–Crippen MR) is 54.7 cm³/mol. The van der Waals surface area contributed by atoms with Crippen LogP contribution in [0.25, 0.3) is 5.70 Å². The van der Waals surface area contributed by atoms with Gasteiger partial charge in [-0.15, -0.1) is 0 Å². The first-order valence-corrected chi connectivity index (χ1v) is 4.58. The van der Waals surface area contributed by atoms with Gasteiger partial charge in [-0.1, -0.05) is 6.58 Å². The molecule has 0 fully saturated rings. The molecule has 0 atom stereocenters. The molecule has 14 heavy (non-hydrogen) atoms. The summed E-state index contributed by atoms with van der Waals surface area (Å²) in [5.74, 6) is -0.836. The molecule has 1 aromatic rings. The van der Waals surface area contributed by atoms with Gasteiger partial charge in [-0.3, -0.25) is 9.78 Å². The van der Waals surface area contributed by atoms with Gasteiger partial charge in [0, 0.05) is 17.6 Å². The molecule has 0 bridgehead atoms. The van der Waals surface area contributed by atoms with E-state index >= 15 is 0 Å². The van der Waals surface area contributed by atoms with Crippen LogP contribution in [0.5, 0.6) is 0 Å². The van der Waals surface area contributed by atoms with Crippen LogP contribution in [0.3, 0.4) is 0 Å². The van der Waals surface area contributed by atoms with E-state index in [1.807, 2.05) is 0 Å². The normalized spacial score (nSPS) is 9.64. The molecular weight excluding hydrogens is 251 g/mol. The van der Waals surface area contributed by atoms with Crippen molar-refractivity contribution in [3.63, 3.8) is 0 Å². The molecule has 0 aliphatic rings. The van der Waals surface area contributed by atoms with Crippen molar-refractivity contribution in [2.45, 2.75) is 6.92 Å². The highest BCUT2D eigenvalue weighted by molar-refractivity contribution is 9.10. The number of hydrogen-bond acceptors (Lipinski definition) is 2. The molecule has 5 heteroatoms. The molecule has 0 aliphatic heterocycles. The lowest BCUT2D eigenvalue weighted by Gasteiger charge is -2.06. The molecule has 1 heterocycles. The Labute approximate surface area is 89.2 Å². The van der Waals surface area contributed by atoms with Crippen LogP contribution in [-0.4, -0.2) is 10.9 Å². The molecule has 1 aromatic heterocycles. The van der Waals surface area contributed by atoms with Crippen LogP contribution < -0.4 is 5.32 Å². The minimum absolute atomic E-state index is 0.0448. The molecule has 0 unspecified atom stereocenters. The minimum Gasteiger partial charge on any atom is -0.325 e. The molecule has 0 spiro atoms. The van der Waals surface area contributed by atoms with Crippen molar-refractivity contribution in [2.75, 3.05) is 0 Å². The molecule has 0 aromatic carbocycles. The second-order valence-corrected chi connectivity index (χ2v) is 3.56. The lowest BCUT2D eigenvalue weighted by molar-refractivity contribution is -0.117. The summed E-state index contributed by atoms with van der Waals surface area (Å²) in [6.45, 7) is 4.83. The van der Waals surface area contributed by atoms with Gasteiger partial charge >= 0.3 is 0 Å². The first kappa shape index (κ1) is 10.8. The average Bonchev–Trinajstić information content (AvgIpc) is 2.01. The Balaban J connectivity index is 2.96. The molecule has 3 nitrogen and oxygen atoms in total. The van der Waals surface area contributed by atoms with Crippen LogP contribution in [0.15, 0.2) is 23.3 Å². The fourth-order valence-electron chi connectivity index (χ4n) is 0.908. The average molecular weight is 259 g/mol. The molecule has 0 aliphatic carbocycles. The van der Waals surface area contributed by atoms with Gasteiger partial charge in [0.2, 0.25) is 5.91 Å². The predicted octanol–water partition coefficient (Wildman–Crippen LogP) is 2.09. The van der Waals surface area contributed by atoms with Gasteiger partial charge in [0.15, 0.2) is 5.82 Å². The lowest BCUT2D eigenvalue weighted by Crippen LogP contribution is -2.18. The molecule has 1 rings (SSSR count). The molecule has 0 radical (unpaired) electrons. The third-order valence-corrected chi connectivity index (χ3v) is 1.85. The van der Waals surface area contributed by atoms with E-state index in [1.54, 1.807) is 0 Å². The van der Waals surface area contributed by atoms with E-state index in [2.05, 4.69) is 32.8 Å². The number of nitrogens with zero attached hydrogens (tertiary/aromatic N) is 1. The van der Waals surface area contributed by atoms with Gasteiger partial charge in [0.05, 0.1) is 5.70 Å². The van der Waals surface area contributed by atoms with Gasteiger partial charge in [0.1, 0.15) is 5.69 Å². The summed E-state index contributed by atoms with van der Waals surface area (Å²) in [4.78, 5) is 14.5. The zero-order valence-electron chi connectivity index (χ0n) is 7.47. The fourth-order valence-corrected chi connectivity index (χ4v) is 1.21. The third kappa shape index (κ3) is 2.63. The summed E-state index contributed by atoms with van der Waals surface area (Å²) in [7, 11) is 0. The number of carbonyl (C=O) groups excluding carboxylic acids is 1. The van der Waals surface area contributed by atoms with Crippen molar-refractivity contribution >= 4 is 27.5 Å². The molecule has 74 valence electrons. The largest absolute Gasteiger partial charge is 0.325 e. The molecule has 0 saturated heterocycles. The van der Waals surface area contributed by atoms with Crippen LogP contribution in [0.4, 0.5) is 4.39 Å². The van der Waals surface area contributed by atoms with E-state index in [9.17, 15) is 9.18 Å². The maximum absolute atomic E-state index is 13.2. The van der Waals surface area contributed by atoms with Crippen LogP contribution in [0.1, 0.15) is 12.6 Å². The Bertz CT molecular complexity index is 392. The minimum atomic E-state index is -0.530. The number of rotatable bonds is 2. The molecular formula is C9H8BrFN2O. The Morgan fingerprint density at radius 2 is 2.36 bits per heavy atom. The molecule has 1 N–H and O–H groups in total. The molecule has 0 saturated carbocycles. The number of amides is 1. The summed E-state index contributed by atoms with van der Waals surface area (Å²) in [6, 6.07) is 1.26. The highest BCUT2D eigenvalue weighted by atomic mass is 79.9. The van der Waals surface area contributed by atoms with E-state index in [1.165, 1.54) is 19.2 Å². The van der Waals surface area contributed by atoms with E-state index in [0.29, 0.717) is 4.47 Å². The summed E-state index contributed by atoms with van der Waals surface area (Å²) in [5.41, 5.74) is 0.200. The number of hydrogen-bond donors (Lipinski definition) is 1. The Kier molecular flexibility index (Phi) is 3.35. The second kappa shape index (κ2) is 4.32. The topological polar surface area (TPSA) is 42.0 Å². The van der Waals surface area contributed by atoms with E-state index in [0.717, 1.165) is 0 Å². The van der Waals surface area contributed by atoms with E-state index in [4.69, 9.17) is 0 Å². The second-order valence-electron chi connectivity index (χ2n) is 2.64. The summed E-state index contributed by atoms with van der Waals surface area (Å²) in [6.07, 6.45) is 1.44. The van der Waals surface area contributed by atoms with Crippen molar-refractivity contribution in [1.29, 1.82) is 0 Å². The van der Waals surface area contributed by atoms with Crippen LogP contribution in [0, 0.1) is 5.82 Å². The highest BCUT2D eigenvalue weighted by Crippen LogP contribution is 2.16. The quantitative estimate of drug-likeness (QED) is 0.883. The first-order valence-electron chi connectivity index (χ1n) is 3.78. The van der Waals surface area contributed by atoms with Crippen LogP contribution in [0.2, 0.25) is 0 Å². The van der Waals surface area contributed by atoms with Gasteiger partial charge < -0.3 is 5.32 Å². The number of halogens is 2. The van der Waals surface area contributed by atoms with Crippen molar-refractivity contribution in [1.82, 2.24) is 10.3 Å². The Morgan fingerprint density at radius 1 is 1.71 bits per heavy atom. The van der Waals surface area contributed by atoms with Gasteiger partial charge in [-0.2, -0.15) is 0 Å². The van der Waals surface area contributed by atoms with Crippen molar-refractivity contribution in [2.24, 2.45) is 0 Å². The van der Waals surface area contributed by atoms with Crippen molar-refractivity contribution < 1.29 is 9.18 Å². The number of nitrogens with one attached hydrogen (secondary N) is 1. The van der Waals surface area contributed by atoms with Crippen LogP contribution >= 0.6 is 15.9 Å². The number of aromatic nitrogens is 1. The third-order valence-electron chi connectivity index (χ3n) is 1.42. The first-order chi connectivity index (χ1) is 6.50. The van der Waals surface area contributed by atoms with Gasteiger partial charge in [-0.05, 0) is 22.0 Å². The fraction of sp³-hybridized carbons (Fsp3) is 0.111. The summed E-state index contributed by atoms with van der Waals surface area (Å²) < 4.78 is 13.8. The highest BCUT2D eigenvalue weighted by Gasteiger charge is 2.08. The number of pyridine rings is 1. The Hall–Kier alpha value is -1.23. The Morgan fingerprint density at radius 3 is 2.86 bits per heavy atom. The maximum atomic E-state index is 13.2. The standard InChI is InChI=1S/C9H8BrFN2O/c1-5(13-6(2)14)9-8(11)3-7(10)4-12-9/h3-4H,1H2,2H3,(H,13,14). The zero-order chi connectivity index (χ0) is 10.7. The van der Waals surface area contributed by atoms with Crippen LogP contribution in [-0.2, 0) is 4.79 Å². The van der Waals surface area contributed by atoms with E-state index in [-0.39, 0.29) is 17.3 Å². The lowest BCUT2D eigenvalue weighted by atomic mass is 10.3. The van der Waals surface area contributed by atoms with Crippen molar-refractivity contribution in [3.05, 3.63) is 34.8 Å². The van der Waals surface area contributed by atoms with Crippen molar-refractivity contribution in [3.8, 4) is 0 Å². The maximum Gasteiger partial charge on any atom is 0.221 e. The number of carbonyl (C=O) groups is 1. The summed E-state index contributed by atoms with van der Waals surface area (Å²) >= 11 is 3.08. The SMILES string of the molecule is C=C(NC(C)=O)c1ncc(Br)cc1F. The molecule has 1 amide bonds. The summed E-state index contributed by atoms with van der Waals surface area (Å²) in [5, 5.41) is 2.37. The zero-order valence-corrected chi connectivity index (χ0v) is 9.06. The van der Waals surface area contributed by atoms with E-state index < -0.39 is 5.82 Å².